The normalized spacial score (nSPS) is 11.1. The van der Waals surface area contributed by atoms with Crippen LogP contribution in [0.3, 0.4) is 0 Å². The molecule has 0 unspecified atom stereocenters. The van der Waals surface area contributed by atoms with Crippen molar-refractivity contribution in [2.75, 3.05) is 11.9 Å². The summed E-state index contributed by atoms with van der Waals surface area (Å²) in [7, 11) is 0. The molecule has 0 atom stereocenters. The van der Waals surface area contributed by atoms with Gasteiger partial charge in [-0.2, -0.15) is 9.78 Å². The number of aromatic nitrogens is 3. The Balaban J connectivity index is 1.53. The van der Waals surface area contributed by atoms with Crippen molar-refractivity contribution in [3.63, 3.8) is 0 Å². The molecule has 2 heterocycles. The third-order valence-electron chi connectivity index (χ3n) is 4.44. The molecule has 0 saturated carbocycles. The molecule has 0 aliphatic rings. The van der Waals surface area contributed by atoms with Crippen molar-refractivity contribution in [2.45, 2.75) is 6.42 Å². The fourth-order valence-electron chi connectivity index (χ4n) is 3.05. The Morgan fingerprint density at radius 3 is 2.82 bits per heavy atom. The summed E-state index contributed by atoms with van der Waals surface area (Å²) < 4.78 is 27.8. The first-order valence-electron chi connectivity index (χ1n) is 8.56. The predicted molar refractivity (Wildman–Crippen MR) is 105 cm³/mol. The summed E-state index contributed by atoms with van der Waals surface area (Å²) in [5.74, 6) is -1.64. The molecule has 4 rings (SSSR count). The van der Waals surface area contributed by atoms with Crippen molar-refractivity contribution in [2.24, 2.45) is 0 Å². The lowest BCUT2D eigenvalue weighted by atomic mass is 10.1. The zero-order valence-electron chi connectivity index (χ0n) is 14.5. The van der Waals surface area contributed by atoms with Gasteiger partial charge in [0.15, 0.2) is 5.82 Å². The maximum atomic E-state index is 13.9. The molecule has 0 aliphatic carbocycles. The standard InChI is InChI=1S/C20H15ClF2N4O/c21-19-17(24-8-7-12-10-25-16-4-2-1-3-14(12)16)11-26-27(20(19)28)18-6-5-13(22)9-15(18)23/h1-6,9-11,24-25H,7-8H2. The lowest BCUT2D eigenvalue weighted by Gasteiger charge is -2.11. The van der Waals surface area contributed by atoms with Crippen LogP contribution in [0.5, 0.6) is 0 Å². The molecule has 5 nitrogen and oxygen atoms in total. The number of rotatable bonds is 5. The number of hydrogen-bond donors (Lipinski definition) is 2. The number of anilines is 1. The van der Waals surface area contributed by atoms with Gasteiger partial charge >= 0.3 is 0 Å². The van der Waals surface area contributed by atoms with E-state index in [-0.39, 0.29) is 10.7 Å². The minimum atomic E-state index is -0.897. The Kier molecular flexibility index (Phi) is 4.83. The minimum Gasteiger partial charge on any atom is -0.382 e. The summed E-state index contributed by atoms with van der Waals surface area (Å²) in [6.07, 6.45) is 4.00. The Labute approximate surface area is 163 Å². The molecular formula is C20H15ClF2N4O. The molecule has 2 N–H and O–H groups in total. The molecule has 2 aromatic heterocycles. The second kappa shape index (κ2) is 7.44. The van der Waals surface area contributed by atoms with Crippen molar-refractivity contribution >= 4 is 28.2 Å². The highest BCUT2D eigenvalue weighted by Crippen LogP contribution is 2.20. The van der Waals surface area contributed by atoms with Crippen LogP contribution >= 0.6 is 11.6 Å². The first kappa shape index (κ1) is 18.2. The van der Waals surface area contributed by atoms with Crippen molar-refractivity contribution in [1.82, 2.24) is 14.8 Å². The van der Waals surface area contributed by atoms with Gasteiger partial charge in [0.2, 0.25) is 0 Å². The Hall–Kier alpha value is -3.19. The van der Waals surface area contributed by atoms with Crippen LogP contribution in [0.4, 0.5) is 14.5 Å². The number of aromatic amines is 1. The minimum absolute atomic E-state index is 0.113. The van der Waals surface area contributed by atoms with Crippen LogP contribution < -0.4 is 10.9 Å². The largest absolute Gasteiger partial charge is 0.382 e. The lowest BCUT2D eigenvalue weighted by molar-refractivity contribution is 0.571. The van der Waals surface area contributed by atoms with Crippen LogP contribution in [0.1, 0.15) is 5.56 Å². The Bertz CT molecular complexity index is 1220. The lowest BCUT2D eigenvalue weighted by Crippen LogP contribution is -2.24. The van der Waals surface area contributed by atoms with Crippen LogP contribution in [0.25, 0.3) is 16.6 Å². The summed E-state index contributed by atoms with van der Waals surface area (Å²) >= 11 is 6.15. The van der Waals surface area contributed by atoms with E-state index in [1.54, 1.807) is 0 Å². The van der Waals surface area contributed by atoms with E-state index >= 15 is 0 Å². The monoisotopic (exact) mass is 400 g/mol. The van der Waals surface area contributed by atoms with Gasteiger partial charge in [0.25, 0.3) is 5.56 Å². The molecule has 28 heavy (non-hydrogen) atoms. The molecule has 0 saturated heterocycles. The molecule has 4 aromatic rings. The summed E-state index contributed by atoms with van der Waals surface area (Å²) in [6, 6.07) is 10.8. The van der Waals surface area contributed by atoms with Crippen molar-refractivity contribution in [3.05, 3.63) is 87.4 Å². The summed E-state index contributed by atoms with van der Waals surface area (Å²) in [5, 5.41) is 8.06. The number of hydrogen-bond acceptors (Lipinski definition) is 3. The SMILES string of the molecule is O=c1c(Cl)c(NCCc2c[nH]c3ccccc23)cnn1-c1ccc(F)cc1F. The molecule has 0 radical (unpaired) electrons. The summed E-state index contributed by atoms with van der Waals surface area (Å²) in [6.45, 7) is 0.525. The predicted octanol–water partition coefficient (Wildman–Crippen LogP) is 4.30. The van der Waals surface area contributed by atoms with Gasteiger partial charge in [-0.15, -0.1) is 0 Å². The van der Waals surface area contributed by atoms with Crippen LogP contribution in [-0.2, 0) is 6.42 Å². The number of halogens is 3. The number of para-hydroxylation sites is 1. The number of benzene rings is 2. The van der Waals surface area contributed by atoms with E-state index in [0.29, 0.717) is 24.7 Å². The molecular weight excluding hydrogens is 386 g/mol. The second-order valence-corrected chi connectivity index (χ2v) is 6.60. The van der Waals surface area contributed by atoms with E-state index in [2.05, 4.69) is 15.4 Å². The van der Waals surface area contributed by atoms with E-state index < -0.39 is 17.2 Å². The van der Waals surface area contributed by atoms with Crippen molar-refractivity contribution in [3.8, 4) is 5.69 Å². The second-order valence-electron chi connectivity index (χ2n) is 6.22. The van der Waals surface area contributed by atoms with Crippen molar-refractivity contribution in [1.29, 1.82) is 0 Å². The average molecular weight is 401 g/mol. The van der Waals surface area contributed by atoms with Gasteiger partial charge in [0.1, 0.15) is 16.5 Å². The number of nitrogens with zero attached hydrogens (tertiary/aromatic N) is 2. The summed E-state index contributed by atoms with van der Waals surface area (Å²) in [4.78, 5) is 15.7. The van der Waals surface area contributed by atoms with Crippen molar-refractivity contribution < 1.29 is 8.78 Å². The third-order valence-corrected chi connectivity index (χ3v) is 4.81. The average Bonchev–Trinajstić information content (AvgIpc) is 3.09. The van der Waals surface area contributed by atoms with E-state index in [4.69, 9.17) is 11.6 Å². The molecule has 142 valence electrons. The highest BCUT2D eigenvalue weighted by molar-refractivity contribution is 6.32. The van der Waals surface area contributed by atoms with E-state index in [1.807, 2.05) is 30.5 Å². The van der Waals surface area contributed by atoms with Crippen LogP contribution in [0, 0.1) is 11.6 Å². The van der Waals surface area contributed by atoms with E-state index in [9.17, 15) is 13.6 Å². The molecule has 0 spiro atoms. The molecule has 0 bridgehead atoms. The van der Waals surface area contributed by atoms with Gasteiger partial charge in [-0.3, -0.25) is 4.79 Å². The molecule has 0 fully saturated rings. The Morgan fingerprint density at radius 2 is 2.00 bits per heavy atom. The quantitative estimate of drug-likeness (QED) is 0.525. The molecule has 0 amide bonds. The van der Waals surface area contributed by atoms with Gasteiger partial charge in [-0.05, 0) is 30.2 Å². The first-order valence-corrected chi connectivity index (χ1v) is 8.94. The van der Waals surface area contributed by atoms with E-state index in [1.165, 1.54) is 6.20 Å². The smallest absolute Gasteiger partial charge is 0.292 e. The fraction of sp³-hybridized carbons (Fsp3) is 0.100. The van der Waals surface area contributed by atoms with Gasteiger partial charge in [-0.1, -0.05) is 29.8 Å². The highest BCUT2D eigenvalue weighted by Gasteiger charge is 2.14. The highest BCUT2D eigenvalue weighted by atomic mass is 35.5. The molecule has 0 aliphatic heterocycles. The Morgan fingerprint density at radius 1 is 1.18 bits per heavy atom. The van der Waals surface area contributed by atoms with Gasteiger partial charge in [0.05, 0.1) is 11.9 Å². The van der Waals surface area contributed by atoms with Gasteiger partial charge in [-0.25, -0.2) is 8.78 Å². The third kappa shape index (κ3) is 3.36. The van der Waals surface area contributed by atoms with E-state index in [0.717, 1.165) is 33.3 Å². The molecule has 2 aromatic carbocycles. The number of fused-ring (bicyclic) bond motifs is 1. The number of H-pyrrole nitrogens is 1. The zero-order valence-corrected chi connectivity index (χ0v) is 15.3. The maximum absolute atomic E-state index is 13.9. The maximum Gasteiger partial charge on any atom is 0.292 e. The van der Waals surface area contributed by atoms with Gasteiger partial charge < -0.3 is 10.3 Å². The van der Waals surface area contributed by atoms with Crippen LogP contribution in [-0.4, -0.2) is 21.3 Å². The zero-order chi connectivity index (χ0) is 19.7. The number of nitrogens with one attached hydrogen (secondary N) is 2. The fourth-order valence-corrected chi connectivity index (χ4v) is 3.25. The van der Waals surface area contributed by atoms with Crippen LogP contribution in [0.2, 0.25) is 5.02 Å². The summed E-state index contributed by atoms with van der Waals surface area (Å²) in [5.41, 5.74) is 1.68. The first-order chi connectivity index (χ1) is 13.5. The topological polar surface area (TPSA) is 62.7 Å². The molecule has 8 heteroatoms. The van der Waals surface area contributed by atoms with Gasteiger partial charge in [0, 0.05) is 29.7 Å². The van der Waals surface area contributed by atoms with Crippen LogP contribution in [0.15, 0.2) is 59.7 Å².